The van der Waals surface area contributed by atoms with Gasteiger partial charge in [-0.3, -0.25) is 10.1 Å². The number of methoxy groups -OCH3 is 1. The van der Waals surface area contributed by atoms with E-state index in [-0.39, 0.29) is 29.2 Å². The van der Waals surface area contributed by atoms with Gasteiger partial charge in [0.1, 0.15) is 0 Å². The monoisotopic (exact) mass is 321 g/mol. The molecule has 0 unspecified atom stereocenters. The molecule has 2 N–H and O–H groups in total. The van der Waals surface area contributed by atoms with Gasteiger partial charge in [0.15, 0.2) is 5.75 Å². The van der Waals surface area contributed by atoms with E-state index in [1.807, 2.05) is 0 Å². The van der Waals surface area contributed by atoms with Crippen LogP contribution in [0.1, 0.15) is 19.4 Å². The minimum Gasteiger partial charge on any atom is -0.493 e. The van der Waals surface area contributed by atoms with Crippen LogP contribution in [0.5, 0.6) is 11.5 Å². The van der Waals surface area contributed by atoms with Gasteiger partial charge in [-0.2, -0.15) is 5.10 Å². The van der Waals surface area contributed by atoms with Gasteiger partial charge in [0.25, 0.3) is 5.95 Å². The van der Waals surface area contributed by atoms with E-state index in [9.17, 15) is 10.1 Å². The highest BCUT2D eigenvalue weighted by Crippen LogP contribution is 2.38. The third kappa shape index (κ3) is 3.70. The van der Waals surface area contributed by atoms with E-state index in [0.717, 1.165) is 4.79 Å². The van der Waals surface area contributed by atoms with Crippen LogP contribution in [-0.2, 0) is 0 Å². The summed E-state index contributed by atoms with van der Waals surface area (Å²) in [5.41, 5.74) is 5.65. The summed E-state index contributed by atoms with van der Waals surface area (Å²) < 4.78 is 10.7. The van der Waals surface area contributed by atoms with Gasteiger partial charge in [-0.25, -0.2) is 0 Å². The van der Waals surface area contributed by atoms with Gasteiger partial charge in [-0.1, -0.05) is 9.89 Å². The maximum Gasteiger partial charge on any atom is 0.315 e. The number of ether oxygens (including phenoxy) is 2. The summed E-state index contributed by atoms with van der Waals surface area (Å²) in [7, 11) is 1.40. The fourth-order valence-corrected chi connectivity index (χ4v) is 1.72. The Labute approximate surface area is 130 Å². The van der Waals surface area contributed by atoms with Crippen LogP contribution in [-0.4, -0.2) is 44.7 Å². The smallest absolute Gasteiger partial charge is 0.315 e. The predicted octanol–water partition coefficient (Wildman–Crippen LogP) is 0.841. The van der Waals surface area contributed by atoms with Crippen molar-refractivity contribution in [1.29, 1.82) is 0 Å². The van der Waals surface area contributed by atoms with Crippen molar-refractivity contribution in [2.24, 2.45) is 5.10 Å². The van der Waals surface area contributed by atoms with E-state index in [1.54, 1.807) is 19.9 Å². The maximum atomic E-state index is 11.3. The SMILES string of the molecule is COc1cc(/C=N/n2nnnc2N)cc([N+](=O)[O-])c1OC(C)C. The van der Waals surface area contributed by atoms with Crippen molar-refractivity contribution in [3.63, 3.8) is 0 Å². The lowest BCUT2D eigenvalue weighted by Gasteiger charge is -2.14. The molecular weight excluding hydrogens is 306 g/mol. The molecule has 1 aromatic carbocycles. The molecule has 0 amide bonds. The molecule has 0 aliphatic carbocycles. The van der Waals surface area contributed by atoms with Gasteiger partial charge in [0, 0.05) is 11.6 Å². The number of hydrogen-bond acceptors (Lipinski definition) is 9. The number of aromatic nitrogens is 4. The molecule has 0 saturated carbocycles. The molecule has 122 valence electrons. The molecule has 2 rings (SSSR count). The number of benzene rings is 1. The van der Waals surface area contributed by atoms with Gasteiger partial charge < -0.3 is 15.2 Å². The van der Waals surface area contributed by atoms with E-state index in [0.29, 0.717) is 5.56 Å². The lowest BCUT2D eigenvalue weighted by atomic mass is 10.2. The average Bonchev–Trinajstić information content (AvgIpc) is 2.90. The number of nitro benzene ring substituents is 1. The molecule has 0 aliphatic heterocycles. The van der Waals surface area contributed by atoms with Crippen LogP contribution in [0.15, 0.2) is 17.2 Å². The van der Waals surface area contributed by atoms with Crippen LogP contribution in [0.4, 0.5) is 11.6 Å². The highest BCUT2D eigenvalue weighted by molar-refractivity contribution is 5.83. The molecule has 23 heavy (non-hydrogen) atoms. The molecule has 1 aromatic heterocycles. The molecule has 0 atom stereocenters. The number of nitro groups is 1. The Hall–Kier alpha value is -3.24. The van der Waals surface area contributed by atoms with Crippen molar-refractivity contribution in [1.82, 2.24) is 20.3 Å². The quantitative estimate of drug-likeness (QED) is 0.468. The van der Waals surface area contributed by atoms with Crippen molar-refractivity contribution >= 4 is 17.9 Å². The maximum absolute atomic E-state index is 11.3. The fraction of sp³-hybridized carbons (Fsp3) is 0.333. The Bertz CT molecular complexity index is 741. The molecule has 0 bridgehead atoms. The second kappa shape index (κ2) is 6.68. The van der Waals surface area contributed by atoms with Gasteiger partial charge in [-0.15, -0.1) is 0 Å². The van der Waals surface area contributed by atoms with Crippen LogP contribution in [0.25, 0.3) is 0 Å². The molecule has 1 heterocycles. The second-order valence-electron chi connectivity index (χ2n) is 4.67. The van der Waals surface area contributed by atoms with Gasteiger partial charge in [-0.05, 0) is 30.3 Å². The van der Waals surface area contributed by atoms with Crippen molar-refractivity contribution in [3.05, 3.63) is 27.8 Å². The molecule has 0 spiro atoms. The zero-order chi connectivity index (χ0) is 17.0. The molecule has 2 aromatic rings. The first-order valence-corrected chi connectivity index (χ1v) is 6.53. The first kappa shape index (κ1) is 16.1. The first-order chi connectivity index (χ1) is 10.9. The lowest BCUT2D eigenvalue weighted by molar-refractivity contribution is -0.386. The summed E-state index contributed by atoms with van der Waals surface area (Å²) in [4.78, 5) is 11.7. The van der Waals surface area contributed by atoms with Crippen molar-refractivity contribution in [3.8, 4) is 11.5 Å². The number of nitrogens with zero attached hydrogens (tertiary/aromatic N) is 6. The number of nitrogen functional groups attached to an aromatic ring is 1. The number of nitrogens with two attached hydrogens (primary N) is 1. The first-order valence-electron chi connectivity index (χ1n) is 6.53. The summed E-state index contributed by atoms with van der Waals surface area (Å²) >= 11 is 0. The molecule has 0 aliphatic rings. The summed E-state index contributed by atoms with van der Waals surface area (Å²) in [6, 6.07) is 2.86. The highest BCUT2D eigenvalue weighted by atomic mass is 16.6. The van der Waals surface area contributed by atoms with Crippen LogP contribution in [0, 0.1) is 10.1 Å². The Morgan fingerprint density at radius 3 is 2.74 bits per heavy atom. The highest BCUT2D eigenvalue weighted by Gasteiger charge is 2.23. The Morgan fingerprint density at radius 1 is 1.48 bits per heavy atom. The summed E-state index contributed by atoms with van der Waals surface area (Å²) in [6.07, 6.45) is 1.07. The average molecular weight is 321 g/mol. The second-order valence-corrected chi connectivity index (χ2v) is 4.67. The van der Waals surface area contributed by atoms with E-state index in [2.05, 4.69) is 20.6 Å². The molecule has 0 fully saturated rings. The zero-order valence-electron chi connectivity index (χ0n) is 12.7. The van der Waals surface area contributed by atoms with Crippen molar-refractivity contribution in [2.45, 2.75) is 20.0 Å². The number of rotatable bonds is 6. The fourth-order valence-electron chi connectivity index (χ4n) is 1.72. The standard InChI is InChI=1S/C12H15N7O4/c1-7(2)23-11-9(19(20)21)4-8(5-10(11)22-3)6-14-18-12(13)15-16-17-18/h4-7H,1-3H3,(H2,13,15,17)/b14-6+. The van der Waals surface area contributed by atoms with E-state index < -0.39 is 4.92 Å². The van der Waals surface area contributed by atoms with Crippen molar-refractivity contribution in [2.75, 3.05) is 12.8 Å². The lowest BCUT2D eigenvalue weighted by Crippen LogP contribution is -2.09. The largest absolute Gasteiger partial charge is 0.493 e. The van der Waals surface area contributed by atoms with Crippen molar-refractivity contribution < 1.29 is 14.4 Å². The van der Waals surface area contributed by atoms with E-state index in [4.69, 9.17) is 15.2 Å². The topological polar surface area (TPSA) is 144 Å². The van der Waals surface area contributed by atoms with E-state index >= 15 is 0 Å². The minimum atomic E-state index is -0.553. The molecule has 0 saturated heterocycles. The summed E-state index contributed by atoms with van der Waals surface area (Å²) in [6.45, 7) is 3.53. The molecule has 11 nitrogen and oxygen atoms in total. The number of hydrogen-bond donors (Lipinski definition) is 1. The Morgan fingerprint density at radius 2 is 2.22 bits per heavy atom. The van der Waals surface area contributed by atoms with Gasteiger partial charge >= 0.3 is 5.69 Å². The minimum absolute atomic E-state index is 0.0116. The number of anilines is 1. The third-order valence-corrected chi connectivity index (χ3v) is 2.62. The Kier molecular flexibility index (Phi) is 4.69. The summed E-state index contributed by atoms with van der Waals surface area (Å²) in [5.74, 6) is 0.271. The zero-order valence-corrected chi connectivity index (χ0v) is 12.7. The summed E-state index contributed by atoms with van der Waals surface area (Å²) in [5, 5.41) is 25.5. The van der Waals surface area contributed by atoms with Crippen LogP contribution in [0.3, 0.4) is 0 Å². The Balaban J connectivity index is 2.46. The van der Waals surface area contributed by atoms with E-state index in [1.165, 1.54) is 19.4 Å². The molecular formula is C12H15N7O4. The molecule has 0 radical (unpaired) electrons. The predicted molar refractivity (Wildman–Crippen MR) is 80.6 cm³/mol. The van der Waals surface area contributed by atoms with Crippen LogP contribution >= 0.6 is 0 Å². The molecule has 11 heteroatoms. The van der Waals surface area contributed by atoms with Gasteiger partial charge in [0.05, 0.1) is 24.4 Å². The third-order valence-electron chi connectivity index (χ3n) is 2.62. The number of tetrazole rings is 1. The van der Waals surface area contributed by atoms with Crippen LogP contribution in [0.2, 0.25) is 0 Å². The normalized spacial score (nSPS) is 11.1. The van der Waals surface area contributed by atoms with Gasteiger partial charge in [0.2, 0.25) is 5.75 Å². The van der Waals surface area contributed by atoms with Crippen LogP contribution < -0.4 is 15.2 Å².